The zero-order chi connectivity index (χ0) is 17.3. The zero-order valence-electron chi connectivity index (χ0n) is 13.4. The van der Waals surface area contributed by atoms with Crippen molar-refractivity contribution in [3.63, 3.8) is 0 Å². The molecule has 1 N–H and O–H groups in total. The van der Waals surface area contributed by atoms with Crippen LogP contribution in [0.1, 0.15) is 24.2 Å². The van der Waals surface area contributed by atoms with Crippen LogP contribution in [0.2, 0.25) is 0 Å². The number of hydrogen-bond donors (Lipinski definition) is 1. The van der Waals surface area contributed by atoms with Crippen molar-refractivity contribution in [1.82, 2.24) is 10.4 Å². The molecule has 0 saturated carbocycles. The van der Waals surface area contributed by atoms with Gasteiger partial charge in [0, 0.05) is 5.56 Å². The lowest BCUT2D eigenvalue weighted by molar-refractivity contribution is -0.124. The first-order valence-electron chi connectivity index (χ1n) is 7.53. The van der Waals surface area contributed by atoms with Gasteiger partial charge in [-0.1, -0.05) is 36.4 Å². The highest BCUT2D eigenvalue weighted by molar-refractivity contribution is 6.23. The molecule has 2 aromatic rings. The number of carbonyl (C=O) groups is 3. The second-order valence-electron chi connectivity index (χ2n) is 5.96. The van der Waals surface area contributed by atoms with Crippen LogP contribution in [0.4, 0.5) is 10.5 Å². The lowest BCUT2D eigenvalue weighted by Crippen LogP contribution is -2.54. The van der Waals surface area contributed by atoms with Gasteiger partial charge in [-0.25, -0.2) is 14.7 Å². The van der Waals surface area contributed by atoms with Gasteiger partial charge in [-0.15, -0.1) is 0 Å². The van der Waals surface area contributed by atoms with Crippen LogP contribution in [-0.4, -0.2) is 28.4 Å². The standard InChI is InChI=1S/C18H17N3O3/c1-18(2)16(23)20(14-11-7-4-8-12-14)17(24)21(18)19-15(22)13-9-5-3-6-10-13/h3-12H,1-2H3,(H,19,22). The summed E-state index contributed by atoms with van der Waals surface area (Å²) in [5, 5.41) is 1.08. The number of hydrogen-bond acceptors (Lipinski definition) is 3. The second-order valence-corrected chi connectivity index (χ2v) is 5.96. The molecule has 6 heteroatoms. The number of nitrogens with zero attached hydrogens (tertiary/aromatic N) is 2. The van der Waals surface area contributed by atoms with Gasteiger partial charge < -0.3 is 0 Å². The van der Waals surface area contributed by atoms with E-state index in [2.05, 4.69) is 5.43 Å². The molecule has 0 spiro atoms. The van der Waals surface area contributed by atoms with Gasteiger partial charge in [0.05, 0.1) is 5.69 Å². The van der Waals surface area contributed by atoms with Gasteiger partial charge in [0.15, 0.2) is 0 Å². The van der Waals surface area contributed by atoms with Crippen LogP contribution in [-0.2, 0) is 4.79 Å². The number of amides is 4. The summed E-state index contributed by atoms with van der Waals surface area (Å²) in [6.07, 6.45) is 0. The van der Waals surface area contributed by atoms with Crippen LogP contribution in [0.5, 0.6) is 0 Å². The van der Waals surface area contributed by atoms with Crippen LogP contribution >= 0.6 is 0 Å². The van der Waals surface area contributed by atoms with Crippen molar-refractivity contribution in [3.8, 4) is 0 Å². The number of carbonyl (C=O) groups excluding carboxylic acids is 3. The third-order valence-corrected chi connectivity index (χ3v) is 3.93. The first-order chi connectivity index (χ1) is 11.4. The van der Waals surface area contributed by atoms with Crippen molar-refractivity contribution in [2.75, 3.05) is 4.90 Å². The number of benzene rings is 2. The number of hydrazine groups is 1. The van der Waals surface area contributed by atoms with Crippen LogP contribution in [0.3, 0.4) is 0 Å². The van der Waals surface area contributed by atoms with Gasteiger partial charge >= 0.3 is 6.03 Å². The highest BCUT2D eigenvalue weighted by atomic mass is 16.2. The summed E-state index contributed by atoms with van der Waals surface area (Å²) in [5.74, 6) is -0.841. The highest BCUT2D eigenvalue weighted by Gasteiger charge is 2.53. The first kappa shape index (κ1) is 15.7. The molecule has 1 saturated heterocycles. The predicted octanol–water partition coefficient (Wildman–Crippen LogP) is 2.58. The summed E-state index contributed by atoms with van der Waals surface area (Å²) in [5.41, 5.74) is 2.24. The Bertz CT molecular complexity index is 788. The van der Waals surface area contributed by atoms with Crippen LogP contribution in [0.25, 0.3) is 0 Å². The number of para-hydroxylation sites is 1. The second kappa shape index (κ2) is 5.81. The van der Waals surface area contributed by atoms with E-state index in [1.165, 1.54) is 0 Å². The molecule has 0 aliphatic carbocycles. The summed E-state index contributed by atoms with van der Waals surface area (Å²) in [7, 11) is 0. The molecule has 1 fully saturated rings. The lowest BCUT2D eigenvalue weighted by Gasteiger charge is -2.27. The molecule has 0 atom stereocenters. The Kier molecular flexibility index (Phi) is 3.81. The topological polar surface area (TPSA) is 69.7 Å². The van der Waals surface area contributed by atoms with Crippen molar-refractivity contribution in [1.29, 1.82) is 0 Å². The van der Waals surface area contributed by atoms with Gasteiger partial charge in [0.2, 0.25) is 0 Å². The maximum atomic E-state index is 12.7. The first-order valence-corrected chi connectivity index (χ1v) is 7.53. The third kappa shape index (κ3) is 2.52. The number of imide groups is 1. The number of urea groups is 1. The van der Waals surface area contributed by atoms with Crippen LogP contribution in [0, 0.1) is 0 Å². The molecule has 4 amide bonds. The Morgan fingerprint density at radius 1 is 0.917 bits per heavy atom. The largest absolute Gasteiger partial charge is 0.351 e. The maximum absolute atomic E-state index is 12.7. The Morgan fingerprint density at radius 3 is 2.04 bits per heavy atom. The fraction of sp³-hybridized carbons (Fsp3) is 0.167. The van der Waals surface area contributed by atoms with Crippen molar-refractivity contribution in [2.24, 2.45) is 0 Å². The Labute approximate surface area is 139 Å². The Balaban J connectivity index is 1.90. The van der Waals surface area contributed by atoms with E-state index in [9.17, 15) is 14.4 Å². The minimum absolute atomic E-state index is 0.396. The molecule has 2 aromatic carbocycles. The zero-order valence-corrected chi connectivity index (χ0v) is 13.4. The summed E-state index contributed by atoms with van der Waals surface area (Å²) in [6, 6.07) is 16.6. The van der Waals surface area contributed by atoms with E-state index in [0.717, 1.165) is 9.91 Å². The predicted molar refractivity (Wildman–Crippen MR) is 89.2 cm³/mol. The van der Waals surface area contributed by atoms with E-state index < -0.39 is 23.4 Å². The molecule has 1 aliphatic heterocycles. The molecule has 6 nitrogen and oxygen atoms in total. The highest BCUT2D eigenvalue weighted by Crippen LogP contribution is 2.30. The van der Waals surface area contributed by atoms with E-state index in [-0.39, 0.29) is 0 Å². The summed E-state index contributed by atoms with van der Waals surface area (Å²) < 4.78 is 0. The normalized spacial score (nSPS) is 16.4. The number of anilines is 1. The quantitative estimate of drug-likeness (QED) is 0.883. The van der Waals surface area contributed by atoms with Crippen LogP contribution in [0.15, 0.2) is 60.7 Å². The van der Waals surface area contributed by atoms with Gasteiger partial charge in [-0.3, -0.25) is 15.0 Å². The molecule has 1 heterocycles. The van der Waals surface area contributed by atoms with E-state index in [1.54, 1.807) is 74.5 Å². The maximum Gasteiger partial charge on any atom is 0.351 e. The molecule has 122 valence electrons. The molecular formula is C18H17N3O3. The van der Waals surface area contributed by atoms with Gasteiger partial charge in [-0.2, -0.15) is 0 Å². The van der Waals surface area contributed by atoms with Gasteiger partial charge in [0.25, 0.3) is 11.8 Å². The van der Waals surface area contributed by atoms with E-state index in [1.807, 2.05) is 0 Å². The minimum Gasteiger partial charge on any atom is -0.271 e. The number of nitrogens with one attached hydrogen (secondary N) is 1. The van der Waals surface area contributed by atoms with Crippen molar-refractivity contribution in [2.45, 2.75) is 19.4 Å². The average molecular weight is 323 g/mol. The van der Waals surface area contributed by atoms with Crippen molar-refractivity contribution < 1.29 is 14.4 Å². The molecule has 0 radical (unpaired) electrons. The Morgan fingerprint density at radius 2 is 1.46 bits per heavy atom. The molecule has 0 aromatic heterocycles. The third-order valence-electron chi connectivity index (χ3n) is 3.93. The van der Waals surface area contributed by atoms with E-state index in [0.29, 0.717) is 11.3 Å². The van der Waals surface area contributed by atoms with Crippen LogP contribution < -0.4 is 10.3 Å². The minimum atomic E-state index is -1.18. The summed E-state index contributed by atoms with van der Waals surface area (Å²) >= 11 is 0. The number of rotatable bonds is 3. The fourth-order valence-corrected chi connectivity index (χ4v) is 2.54. The molecule has 24 heavy (non-hydrogen) atoms. The molecule has 3 rings (SSSR count). The van der Waals surface area contributed by atoms with Gasteiger partial charge in [-0.05, 0) is 38.1 Å². The summed E-state index contributed by atoms with van der Waals surface area (Å²) in [6.45, 7) is 3.20. The molecule has 0 unspecified atom stereocenters. The van der Waals surface area contributed by atoms with Crippen molar-refractivity contribution >= 4 is 23.5 Å². The summed E-state index contributed by atoms with van der Waals surface area (Å²) in [4.78, 5) is 38.8. The average Bonchev–Trinajstić information content (AvgIpc) is 2.76. The van der Waals surface area contributed by atoms with Crippen molar-refractivity contribution in [3.05, 3.63) is 66.2 Å². The van der Waals surface area contributed by atoms with E-state index in [4.69, 9.17) is 0 Å². The molecule has 0 bridgehead atoms. The monoisotopic (exact) mass is 323 g/mol. The fourth-order valence-electron chi connectivity index (χ4n) is 2.54. The SMILES string of the molecule is CC1(C)C(=O)N(c2ccccc2)C(=O)N1NC(=O)c1ccccc1. The van der Waals surface area contributed by atoms with Gasteiger partial charge in [0.1, 0.15) is 5.54 Å². The van der Waals surface area contributed by atoms with E-state index >= 15 is 0 Å². The Hall–Kier alpha value is -3.15. The lowest BCUT2D eigenvalue weighted by atomic mass is 10.1. The molecular weight excluding hydrogens is 306 g/mol. The smallest absolute Gasteiger partial charge is 0.271 e. The molecule has 1 aliphatic rings.